The molecule has 0 aliphatic rings. The third-order valence-corrected chi connectivity index (χ3v) is 2.69. The van der Waals surface area contributed by atoms with Crippen molar-refractivity contribution in [2.75, 3.05) is 7.11 Å². The molecule has 1 heterocycles. The fourth-order valence-electron chi connectivity index (χ4n) is 1.52. The monoisotopic (exact) mass is 247 g/mol. The summed E-state index contributed by atoms with van der Waals surface area (Å²) < 4.78 is 5.14. The van der Waals surface area contributed by atoms with Crippen LogP contribution in [-0.4, -0.2) is 18.4 Å². The van der Waals surface area contributed by atoms with E-state index in [0.29, 0.717) is 16.3 Å². The molecule has 0 fully saturated rings. The molecule has 1 aromatic heterocycles. The lowest BCUT2D eigenvalue weighted by molar-refractivity contribution is 0.112. The Morgan fingerprint density at radius 3 is 2.76 bits per heavy atom. The van der Waals surface area contributed by atoms with E-state index in [1.54, 1.807) is 25.4 Å². The first-order valence-corrected chi connectivity index (χ1v) is 5.36. The smallest absolute Gasteiger partial charge is 0.151 e. The molecule has 0 aliphatic carbocycles. The number of pyridine rings is 1. The summed E-state index contributed by atoms with van der Waals surface area (Å²) in [4.78, 5) is 14.7. The summed E-state index contributed by atoms with van der Waals surface area (Å²) in [6.45, 7) is 0. The number of nitrogens with zero attached hydrogens (tertiary/aromatic N) is 1. The molecule has 17 heavy (non-hydrogen) atoms. The Kier molecular flexibility index (Phi) is 3.40. The molecule has 0 atom stereocenters. The minimum atomic E-state index is 0.538. The molecule has 0 spiro atoms. The van der Waals surface area contributed by atoms with Crippen molar-refractivity contribution in [3.8, 4) is 16.9 Å². The molecule has 0 unspecified atom stereocenters. The molecule has 0 amide bonds. The standard InChI is InChI=1S/C13H10ClNO2/c1-17-13-5-10(2-3-12(13)14)11-4-9(8-16)6-15-7-11/h2-8H,1H3. The summed E-state index contributed by atoms with van der Waals surface area (Å²) in [5.74, 6) is 0.598. The summed E-state index contributed by atoms with van der Waals surface area (Å²) in [6.07, 6.45) is 3.98. The Labute approximate surface area is 104 Å². The first-order valence-electron chi connectivity index (χ1n) is 4.98. The van der Waals surface area contributed by atoms with Crippen LogP contribution < -0.4 is 4.74 Å². The van der Waals surface area contributed by atoms with Gasteiger partial charge in [0.2, 0.25) is 0 Å². The fraction of sp³-hybridized carbons (Fsp3) is 0.0769. The van der Waals surface area contributed by atoms with Crippen molar-refractivity contribution in [3.05, 3.63) is 47.2 Å². The maximum absolute atomic E-state index is 10.7. The van der Waals surface area contributed by atoms with E-state index in [9.17, 15) is 4.79 Å². The van der Waals surface area contributed by atoms with E-state index in [1.165, 1.54) is 6.20 Å². The largest absolute Gasteiger partial charge is 0.495 e. The van der Waals surface area contributed by atoms with Crippen LogP contribution in [0.4, 0.5) is 0 Å². The lowest BCUT2D eigenvalue weighted by atomic mass is 10.1. The molecule has 4 heteroatoms. The normalized spacial score (nSPS) is 10.0. The van der Waals surface area contributed by atoms with E-state index >= 15 is 0 Å². The molecule has 0 aliphatic heterocycles. The van der Waals surface area contributed by atoms with E-state index in [1.807, 2.05) is 12.1 Å². The lowest BCUT2D eigenvalue weighted by Gasteiger charge is -2.06. The fourth-order valence-corrected chi connectivity index (χ4v) is 1.71. The zero-order valence-electron chi connectivity index (χ0n) is 9.18. The number of halogens is 1. The number of carbonyl (C=O) groups excluding carboxylic acids is 1. The van der Waals surface area contributed by atoms with Gasteiger partial charge in [-0.2, -0.15) is 0 Å². The molecule has 3 nitrogen and oxygen atoms in total. The third-order valence-electron chi connectivity index (χ3n) is 2.38. The van der Waals surface area contributed by atoms with Crippen LogP contribution in [0.15, 0.2) is 36.7 Å². The predicted molar refractivity (Wildman–Crippen MR) is 66.6 cm³/mol. The molecule has 1 aromatic carbocycles. The summed E-state index contributed by atoms with van der Waals surface area (Å²) in [5, 5.41) is 0.552. The second-order valence-electron chi connectivity index (χ2n) is 3.47. The number of aldehydes is 1. The van der Waals surface area contributed by atoms with Crippen molar-refractivity contribution < 1.29 is 9.53 Å². The van der Waals surface area contributed by atoms with Gasteiger partial charge in [-0.3, -0.25) is 9.78 Å². The van der Waals surface area contributed by atoms with Crippen molar-refractivity contribution in [2.24, 2.45) is 0 Å². The summed E-state index contributed by atoms with van der Waals surface area (Å²) in [7, 11) is 1.56. The van der Waals surface area contributed by atoms with Gasteiger partial charge in [0, 0.05) is 23.5 Å². The average molecular weight is 248 g/mol. The van der Waals surface area contributed by atoms with Gasteiger partial charge in [0.15, 0.2) is 6.29 Å². The van der Waals surface area contributed by atoms with Gasteiger partial charge in [-0.05, 0) is 23.8 Å². The molecule has 0 N–H and O–H groups in total. The molecule has 2 aromatic rings. The number of hydrogen-bond donors (Lipinski definition) is 0. The molecule has 0 radical (unpaired) electrons. The molecule has 0 saturated carbocycles. The second kappa shape index (κ2) is 4.97. The average Bonchev–Trinajstić information content (AvgIpc) is 2.39. The number of methoxy groups -OCH3 is 1. The molecule has 0 saturated heterocycles. The van der Waals surface area contributed by atoms with E-state index < -0.39 is 0 Å². The Morgan fingerprint density at radius 1 is 1.24 bits per heavy atom. The topological polar surface area (TPSA) is 39.2 Å². The Bertz CT molecular complexity index is 555. The highest BCUT2D eigenvalue weighted by Gasteiger charge is 2.05. The van der Waals surface area contributed by atoms with Crippen LogP contribution in [0.5, 0.6) is 5.75 Å². The highest BCUT2D eigenvalue weighted by Crippen LogP contribution is 2.30. The van der Waals surface area contributed by atoms with Crippen molar-refractivity contribution >= 4 is 17.9 Å². The van der Waals surface area contributed by atoms with Crippen LogP contribution in [0.25, 0.3) is 11.1 Å². The summed E-state index contributed by atoms with van der Waals surface area (Å²) in [5.41, 5.74) is 2.29. The van der Waals surface area contributed by atoms with E-state index in [0.717, 1.165) is 17.4 Å². The van der Waals surface area contributed by atoms with Crippen LogP contribution in [0, 0.1) is 0 Å². The van der Waals surface area contributed by atoms with Crippen LogP contribution in [0.2, 0.25) is 5.02 Å². The lowest BCUT2D eigenvalue weighted by Crippen LogP contribution is -1.88. The number of benzene rings is 1. The van der Waals surface area contributed by atoms with Gasteiger partial charge in [-0.1, -0.05) is 17.7 Å². The number of rotatable bonds is 3. The Morgan fingerprint density at radius 2 is 2.06 bits per heavy atom. The van der Waals surface area contributed by atoms with Gasteiger partial charge in [0.25, 0.3) is 0 Å². The summed E-state index contributed by atoms with van der Waals surface area (Å²) >= 11 is 5.95. The zero-order chi connectivity index (χ0) is 12.3. The molecule has 86 valence electrons. The second-order valence-corrected chi connectivity index (χ2v) is 3.88. The molecular weight excluding hydrogens is 238 g/mol. The van der Waals surface area contributed by atoms with Gasteiger partial charge in [-0.25, -0.2) is 0 Å². The number of hydrogen-bond acceptors (Lipinski definition) is 3. The van der Waals surface area contributed by atoms with Gasteiger partial charge in [-0.15, -0.1) is 0 Å². The van der Waals surface area contributed by atoms with Crippen molar-refractivity contribution in [3.63, 3.8) is 0 Å². The van der Waals surface area contributed by atoms with Crippen molar-refractivity contribution in [1.82, 2.24) is 4.98 Å². The van der Waals surface area contributed by atoms with Crippen LogP contribution in [0.1, 0.15) is 10.4 Å². The van der Waals surface area contributed by atoms with Crippen LogP contribution in [0.3, 0.4) is 0 Å². The minimum Gasteiger partial charge on any atom is -0.495 e. The number of carbonyl (C=O) groups is 1. The Hall–Kier alpha value is -1.87. The van der Waals surface area contributed by atoms with Gasteiger partial charge in [0.05, 0.1) is 12.1 Å². The van der Waals surface area contributed by atoms with Crippen molar-refractivity contribution in [2.45, 2.75) is 0 Å². The zero-order valence-corrected chi connectivity index (χ0v) is 9.94. The highest BCUT2D eigenvalue weighted by atomic mass is 35.5. The first-order chi connectivity index (χ1) is 8.24. The maximum atomic E-state index is 10.7. The van der Waals surface area contributed by atoms with Crippen LogP contribution >= 0.6 is 11.6 Å². The first kappa shape index (κ1) is 11.6. The van der Waals surface area contributed by atoms with E-state index in [2.05, 4.69) is 4.98 Å². The minimum absolute atomic E-state index is 0.538. The predicted octanol–water partition coefficient (Wildman–Crippen LogP) is 3.22. The van der Waals surface area contributed by atoms with Crippen LogP contribution in [-0.2, 0) is 0 Å². The van der Waals surface area contributed by atoms with Gasteiger partial charge in [0.1, 0.15) is 5.75 Å². The maximum Gasteiger partial charge on any atom is 0.151 e. The number of aromatic nitrogens is 1. The molecule has 0 bridgehead atoms. The quantitative estimate of drug-likeness (QED) is 0.782. The summed E-state index contributed by atoms with van der Waals surface area (Å²) in [6, 6.07) is 7.19. The molecule has 2 rings (SSSR count). The van der Waals surface area contributed by atoms with E-state index in [4.69, 9.17) is 16.3 Å². The molecular formula is C13H10ClNO2. The highest BCUT2D eigenvalue weighted by molar-refractivity contribution is 6.32. The van der Waals surface area contributed by atoms with Gasteiger partial charge >= 0.3 is 0 Å². The number of ether oxygens (including phenoxy) is 1. The Balaban J connectivity index is 2.48. The SMILES string of the molecule is COc1cc(-c2cncc(C=O)c2)ccc1Cl. The third kappa shape index (κ3) is 2.45. The van der Waals surface area contributed by atoms with Gasteiger partial charge < -0.3 is 4.74 Å². The van der Waals surface area contributed by atoms with Crippen molar-refractivity contribution in [1.29, 1.82) is 0 Å². The van der Waals surface area contributed by atoms with E-state index in [-0.39, 0.29) is 0 Å².